The van der Waals surface area contributed by atoms with Crippen molar-refractivity contribution in [3.8, 4) is 0 Å². The number of halogens is 1. The van der Waals surface area contributed by atoms with Crippen molar-refractivity contribution in [2.45, 2.75) is 19.9 Å². The van der Waals surface area contributed by atoms with Crippen molar-refractivity contribution in [3.05, 3.63) is 35.4 Å². The van der Waals surface area contributed by atoms with Gasteiger partial charge in [0.15, 0.2) is 0 Å². The molecule has 3 rings (SSSR count). The van der Waals surface area contributed by atoms with Crippen molar-refractivity contribution < 1.29 is 9.59 Å². The monoisotopic (exact) mass is 348 g/mol. The van der Waals surface area contributed by atoms with Gasteiger partial charge < -0.3 is 4.90 Å². The third-order valence-corrected chi connectivity index (χ3v) is 4.84. The van der Waals surface area contributed by atoms with Gasteiger partial charge in [0.05, 0.1) is 18.3 Å². The zero-order valence-corrected chi connectivity index (χ0v) is 14.7. The average Bonchev–Trinajstić information content (AvgIpc) is 3.01. The maximum absolute atomic E-state index is 11.6. The second-order valence-electron chi connectivity index (χ2n) is 6.24. The van der Waals surface area contributed by atoms with E-state index in [1.54, 1.807) is 6.92 Å². The third kappa shape index (κ3) is 3.44. The first-order valence-electron chi connectivity index (χ1n) is 8.08. The van der Waals surface area contributed by atoms with Crippen molar-refractivity contribution in [3.63, 3.8) is 0 Å². The van der Waals surface area contributed by atoms with Crippen LogP contribution in [0.5, 0.6) is 0 Å². The molecule has 1 aromatic carbocycles. The van der Waals surface area contributed by atoms with Crippen LogP contribution < -0.4 is 0 Å². The molecule has 0 saturated carbocycles. The fourth-order valence-corrected chi connectivity index (χ4v) is 3.32. The zero-order chi connectivity index (χ0) is 17.3. The number of carbonyl (C=O) groups excluding carboxylic acids is 2. The predicted molar refractivity (Wildman–Crippen MR) is 93.3 cm³/mol. The van der Waals surface area contributed by atoms with E-state index in [4.69, 9.17) is 11.6 Å². The summed E-state index contributed by atoms with van der Waals surface area (Å²) in [4.78, 5) is 27.2. The van der Waals surface area contributed by atoms with Crippen LogP contribution in [0.2, 0.25) is 0 Å². The van der Waals surface area contributed by atoms with Gasteiger partial charge in [-0.2, -0.15) is 5.10 Å². The van der Waals surface area contributed by atoms with E-state index in [1.165, 1.54) is 10.6 Å². The van der Waals surface area contributed by atoms with Gasteiger partial charge in [-0.1, -0.05) is 29.8 Å². The molecule has 2 aliphatic heterocycles. The lowest BCUT2D eigenvalue weighted by Gasteiger charge is -2.37. The lowest BCUT2D eigenvalue weighted by atomic mass is 10.0. The van der Waals surface area contributed by atoms with Gasteiger partial charge in [-0.3, -0.25) is 14.5 Å². The van der Waals surface area contributed by atoms with Crippen LogP contribution in [0.25, 0.3) is 0 Å². The Morgan fingerprint density at radius 2 is 1.75 bits per heavy atom. The molecule has 1 unspecified atom stereocenters. The average molecular weight is 349 g/mol. The fraction of sp³-hybridized carbons (Fsp3) is 0.471. The van der Waals surface area contributed by atoms with Crippen LogP contribution in [0.4, 0.5) is 4.79 Å². The number of rotatable bonds is 2. The van der Waals surface area contributed by atoms with Crippen LogP contribution in [0.3, 0.4) is 0 Å². The molecule has 128 valence electrons. The molecule has 2 amide bonds. The third-order valence-electron chi connectivity index (χ3n) is 4.64. The minimum Gasteiger partial charge on any atom is -0.340 e. The maximum Gasteiger partial charge on any atom is 0.336 e. The summed E-state index contributed by atoms with van der Waals surface area (Å²) in [6, 6.07) is 8.12. The molecular weight excluding hydrogens is 328 g/mol. The van der Waals surface area contributed by atoms with E-state index in [9.17, 15) is 9.59 Å². The van der Waals surface area contributed by atoms with E-state index < -0.39 is 5.37 Å². The number of hydrogen-bond acceptors (Lipinski definition) is 4. The first-order chi connectivity index (χ1) is 11.5. The summed E-state index contributed by atoms with van der Waals surface area (Å²) in [5.41, 5.74) is 3.04. The van der Waals surface area contributed by atoms with E-state index in [0.717, 1.165) is 24.4 Å². The summed E-state index contributed by atoms with van der Waals surface area (Å²) >= 11 is 5.64. The summed E-state index contributed by atoms with van der Waals surface area (Å²) < 4.78 is 0. The normalized spacial score (nSPS) is 21.8. The fourth-order valence-electron chi connectivity index (χ4n) is 3.21. The number of amides is 2. The summed E-state index contributed by atoms with van der Waals surface area (Å²) in [6.45, 7) is 7.00. The lowest BCUT2D eigenvalue weighted by Crippen LogP contribution is -2.54. The van der Waals surface area contributed by atoms with Crippen molar-refractivity contribution >= 4 is 28.6 Å². The van der Waals surface area contributed by atoms with Gasteiger partial charge >= 0.3 is 5.37 Å². The Bertz CT molecular complexity index is 666. The van der Waals surface area contributed by atoms with Crippen molar-refractivity contribution in [2.75, 3.05) is 32.7 Å². The van der Waals surface area contributed by atoms with Gasteiger partial charge in [0.25, 0.3) is 0 Å². The highest BCUT2D eigenvalue weighted by Gasteiger charge is 2.36. The topological polar surface area (TPSA) is 56.2 Å². The number of nitrogens with zero attached hydrogens (tertiary/aromatic N) is 4. The summed E-state index contributed by atoms with van der Waals surface area (Å²) in [6.07, 6.45) is 0. The molecule has 7 heteroatoms. The summed E-state index contributed by atoms with van der Waals surface area (Å²) in [5, 5.41) is 5.20. The second-order valence-corrected chi connectivity index (χ2v) is 6.57. The Morgan fingerprint density at radius 1 is 1.12 bits per heavy atom. The molecule has 0 bridgehead atoms. The Morgan fingerprint density at radius 3 is 2.29 bits per heavy atom. The quantitative estimate of drug-likeness (QED) is 0.606. The molecule has 24 heavy (non-hydrogen) atoms. The van der Waals surface area contributed by atoms with Crippen molar-refractivity contribution in [2.24, 2.45) is 5.10 Å². The molecule has 1 fully saturated rings. The van der Waals surface area contributed by atoms with Gasteiger partial charge in [0, 0.05) is 33.1 Å². The smallest absolute Gasteiger partial charge is 0.336 e. The van der Waals surface area contributed by atoms with Gasteiger partial charge in [-0.15, -0.1) is 0 Å². The molecule has 1 aromatic rings. The Hall–Kier alpha value is -1.92. The van der Waals surface area contributed by atoms with E-state index in [2.05, 4.69) is 10.0 Å². The second kappa shape index (κ2) is 6.91. The Labute approximate surface area is 146 Å². The Kier molecular flexibility index (Phi) is 4.87. The minimum absolute atomic E-state index is 0.00418. The minimum atomic E-state index is -0.565. The van der Waals surface area contributed by atoms with Crippen LogP contribution in [0.15, 0.2) is 29.4 Å². The molecule has 2 heterocycles. The predicted octanol–water partition coefficient (Wildman–Crippen LogP) is 1.91. The van der Waals surface area contributed by atoms with E-state index >= 15 is 0 Å². The summed E-state index contributed by atoms with van der Waals surface area (Å²) in [5.74, 6) is 0.103. The molecule has 0 aliphatic carbocycles. The molecule has 6 nitrogen and oxygen atoms in total. The highest BCUT2D eigenvalue weighted by Crippen LogP contribution is 2.22. The highest BCUT2D eigenvalue weighted by molar-refractivity contribution is 6.62. The number of carbonyl (C=O) groups is 2. The molecule has 1 saturated heterocycles. The van der Waals surface area contributed by atoms with Crippen molar-refractivity contribution in [1.82, 2.24) is 14.8 Å². The maximum atomic E-state index is 11.6. The van der Waals surface area contributed by atoms with Crippen molar-refractivity contribution in [1.29, 1.82) is 0 Å². The Balaban J connectivity index is 1.81. The number of piperazine rings is 1. The van der Waals surface area contributed by atoms with Crippen LogP contribution in [0, 0.1) is 6.92 Å². The SMILES string of the molecule is CC(=O)N1CCN(C2CN(C(=O)Cl)N=C2c2ccc(C)cc2)CC1. The number of benzene rings is 1. The summed E-state index contributed by atoms with van der Waals surface area (Å²) in [7, 11) is 0. The van der Waals surface area contributed by atoms with Gasteiger partial charge in [-0.25, -0.2) is 5.01 Å². The molecule has 0 spiro atoms. The van der Waals surface area contributed by atoms with Gasteiger partial charge in [0.2, 0.25) is 5.91 Å². The first kappa shape index (κ1) is 16.9. The van der Waals surface area contributed by atoms with E-state index in [0.29, 0.717) is 19.6 Å². The van der Waals surface area contributed by atoms with Crippen LogP contribution in [-0.2, 0) is 4.79 Å². The van der Waals surface area contributed by atoms with Crippen LogP contribution in [0.1, 0.15) is 18.1 Å². The standard InChI is InChI=1S/C17H21ClN4O2/c1-12-3-5-14(6-4-12)16-15(11-22(19-16)17(18)24)21-9-7-20(8-10-21)13(2)23/h3-6,15H,7-11H2,1-2H3. The number of hydrazone groups is 1. The first-order valence-corrected chi connectivity index (χ1v) is 8.45. The van der Waals surface area contributed by atoms with E-state index in [-0.39, 0.29) is 11.9 Å². The number of hydrogen-bond donors (Lipinski definition) is 0. The molecular formula is C17H21ClN4O2. The largest absolute Gasteiger partial charge is 0.340 e. The van der Waals surface area contributed by atoms with E-state index in [1.807, 2.05) is 36.1 Å². The van der Waals surface area contributed by atoms with Crippen LogP contribution in [-0.4, -0.2) is 70.6 Å². The lowest BCUT2D eigenvalue weighted by molar-refractivity contribution is -0.130. The number of aryl methyl sites for hydroxylation is 1. The van der Waals surface area contributed by atoms with Crippen LogP contribution >= 0.6 is 11.6 Å². The van der Waals surface area contributed by atoms with Gasteiger partial charge in [-0.05, 0) is 24.1 Å². The molecule has 2 aliphatic rings. The molecule has 0 aromatic heterocycles. The highest BCUT2D eigenvalue weighted by atomic mass is 35.5. The molecule has 0 N–H and O–H groups in total. The zero-order valence-electron chi connectivity index (χ0n) is 13.9. The molecule has 0 radical (unpaired) electrons. The van der Waals surface area contributed by atoms with Gasteiger partial charge in [0.1, 0.15) is 0 Å². The molecule has 1 atom stereocenters.